The zero-order valence-electron chi connectivity index (χ0n) is 30.7. The van der Waals surface area contributed by atoms with E-state index in [0.29, 0.717) is 0 Å². The largest absolute Gasteiger partial charge is 0.460 e. The van der Waals surface area contributed by atoms with E-state index in [1.165, 1.54) is 87.3 Å². The fourth-order valence-electron chi connectivity index (χ4n) is 10.2. The lowest BCUT2D eigenvalue weighted by atomic mass is 9.84. The second kappa shape index (κ2) is 11.3. The summed E-state index contributed by atoms with van der Waals surface area (Å²) in [5.41, 5.74) is 11.7. The second-order valence-corrected chi connectivity index (χ2v) is 15.7. The van der Waals surface area contributed by atoms with Crippen LogP contribution < -0.4 is 0 Å². The van der Waals surface area contributed by atoms with Gasteiger partial charge in [0.25, 0.3) is 0 Å². The molecule has 0 spiro atoms. The number of fused-ring (bicyclic) bond motifs is 19. The van der Waals surface area contributed by atoms with Crippen LogP contribution in [0.5, 0.6) is 0 Å². The van der Waals surface area contributed by atoms with Gasteiger partial charge in [-0.1, -0.05) is 115 Å². The Balaban J connectivity index is 0.956. The molecule has 9 aromatic carbocycles. The van der Waals surface area contributed by atoms with Crippen LogP contribution >= 0.6 is 0 Å². The van der Waals surface area contributed by atoms with Crippen LogP contribution in [0, 0.1) is 0 Å². The van der Waals surface area contributed by atoms with E-state index in [2.05, 4.69) is 158 Å². The molecule has 56 heavy (non-hydrogen) atoms. The minimum atomic E-state index is 0.857. The summed E-state index contributed by atoms with van der Waals surface area (Å²) in [7, 11) is 0. The first-order valence-corrected chi connectivity index (χ1v) is 19.8. The Bertz CT molecular complexity index is 3550. The quantitative estimate of drug-likeness (QED) is 0.167. The van der Waals surface area contributed by atoms with Gasteiger partial charge in [0.1, 0.15) is 22.5 Å². The van der Waals surface area contributed by atoms with Crippen molar-refractivity contribution in [3.8, 4) is 11.1 Å². The number of rotatable bonds is 2. The monoisotopic (exact) mass is 714 g/mol. The van der Waals surface area contributed by atoms with Gasteiger partial charge in [-0.3, -0.25) is 0 Å². The Labute approximate surface area is 322 Å². The van der Waals surface area contributed by atoms with Crippen molar-refractivity contribution in [2.24, 2.45) is 0 Å². The summed E-state index contributed by atoms with van der Waals surface area (Å²) >= 11 is 0. The topological polar surface area (TPSA) is 26.3 Å². The highest BCUT2D eigenvalue weighted by atomic mass is 16.3. The third-order valence-corrected chi connectivity index (χ3v) is 12.8. The van der Waals surface area contributed by atoms with Gasteiger partial charge in [0.05, 0.1) is 5.39 Å². The van der Waals surface area contributed by atoms with E-state index in [-0.39, 0.29) is 0 Å². The summed E-state index contributed by atoms with van der Waals surface area (Å²) in [6.45, 7) is 0. The van der Waals surface area contributed by atoms with Crippen molar-refractivity contribution < 1.29 is 8.83 Å². The molecule has 0 unspecified atom stereocenters. The third-order valence-electron chi connectivity index (χ3n) is 12.8. The van der Waals surface area contributed by atoms with Crippen LogP contribution in [0.3, 0.4) is 0 Å². The third kappa shape index (κ3) is 4.22. The fourth-order valence-corrected chi connectivity index (χ4v) is 10.2. The lowest BCUT2D eigenvalue weighted by molar-refractivity contribution is 0.550. The van der Waals surface area contributed by atoms with E-state index in [4.69, 9.17) is 8.83 Å². The molecule has 0 saturated heterocycles. The predicted molar refractivity (Wildman–Crippen MR) is 236 cm³/mol. The summed E-state index contributed by atoms with van der Waals surface area (Å²) in [5, 5.41) is 16.4. The second-order valence-electron chi connectivity index (χ2n) is 15.7. The molecule has 0 fully saturated rings. The molecule has 11 aromatic rings. The first-order valence-electron chi connectivity index (χ1n) is 19.8. The molecule has 2 nitrogen and oxygen atoms in total. The van der Waals surface area contributed by atoms with Gasteiger partial charge >= 0.3 is 0 Å². The van der Waals surface area contributed by atoms with Gasteiger partial charge in [0.15, 0.2) is 0 Å². The number of allylic oxidation sites excluding steroid dienone is 2. The molecule has 0 aliphatic heterocycles. The van der Waals surface area contributed by atoms with Gasteiger partial charge in [-0.15, -0.1) is 0 Å². The Kier molecular flexibility index (Phi) is 6.15. The van der Waals surface area contributed by atoms with Crippen LogP contribution in [0.1, 0.15) is 40.9 Å². The Morgan fingerprint density at radius 2 is 0.964 bits per heavy atom. The summed E-state index contributed by atoms with van der Waals surface area (Å²) in [5.74, 6) is 1.06. The van der Waals surface area contributed by atoms with Crippen LogP contribution in [-0.2, 0) is 12.8 Å². The SMILES string of the molecule is C1=Cc2c(c3ccc(C4=Cc5c(oc6c5ccc5oc7ccc(-c8ccc9c%10ccccc%10c%10ccccc%10c9c8)cc7c56)CC4)cc3c3ccccc23)CC1. The molecular weight excluding hydrogens is 681 g/mol. The van der Waals surface area contributed by atoms with Crippen molar-refractivity contribution in [1.29, 1.82) is 0 Å². The summed E-state index contributed by atoms with van der Waals surface area (Å²) < 4.78 is 13.3. The summed E-state index contributed by atoms with van der Waals surface area (Å²) in [6.07, 6.45) is 11.0. The van der Waals surface area contributed by atoms with Crippen molar-refractivity contribution in [2.75, 3.05) is 0 Å². The average molecular weight is 715 g/mol. The first-order chi connectivity index (χ1) is 27.7. The van der Waals surface area contributed by atoms with Gasteiger partial charge in [-0.05, 0) is 149 Å². The minimum absolute atomic E-state index is 0.857. The van der Waals surface area contributed by atoms with E-state index in [1.807, 2.05) is 0 Å². The summed E-state index contributed by atoms with van der Waals surface area (Å²) in [4.78, 5) is 0. The van der Waals surface area contributed by atoms with Crippen molar-refractivity contribution in [3.63, 3.8) is 0 Å². The van der Waals surface area contributed by atoms with Gasteiger partial charge in [-0.25, -0.2) is 0 Å². The Morgan fingerprint density at radius 1 is 0.393 bits per heavy atom. The molecule has 0 saturated carbocycles. The highest BCUT2D eigenvalue weighted by Gasteiger charge is 2.24. The highest BCUT2D eigenvalue weighted by Crippen LogP contribution is 2.45. The van der Waals surface area contributed by atoms with E-state index >= 15 is 0 Å². The molecular formula is C54H34O2. The first kappa shape index (κ1) is 30.4. The zero-order chi connectivity index (χ0) is 36.5. The summed E-state index contributed by atoms with van der Waals surface area (Å²) in [6, 6.07) is 51.5. The molecule has 0 atom stereocenters. The van der Waals surface area contributed by atoms with Crippen LogP contribution in [0.25, 0.3) is 116 Å². The molecule has 0 N–H and O–H groups in total. The smallest absolute Gasteiger partial charge is 0.146 e. The van der Waals surface area contributed by atoms with Crippen molar-refractivity contribution in [2.45, 2.75) is 25.7 Å². The molecule has 0 amide bonds. The molecule has 2 heterocycles. The van der Waals surface area contributed by atoms with Crippen LogP contribution in [0.2, 0.25) is 0 Å². The van der Waals surface area contributed by atoms with E-state index in [0.717, 1.165) is 69.9 Å². The van der Waals surface area contributed by atoms with Crippen LogP contribution in [-0.4, -0.2) is 0 Å². The van der Waals surface area contributed by atoms with Gasteiger partial charge in [0, 0.05) is 22.8 Å². The molecule has 262 valence electrons. The molecule has 13 rings (SSSR count). The molecule has 2 aliphatic rings. The van der Waals surface area contributed by atoms with Crippen molar-refractivity contribution in [3.05, 3.63) is 174 Å². The maximum absolute atomic E-state index is 6.83. The van der Waals surface area contributed by atoms with Gasteiger partial charge < -0.3 is 8.83 Å². The predicted octanol–water partition coefficient (Wildman–Crippen LogP) is 15.2. The minimum Gasteiger partial charge on any atom is -0.460 e. The van der Waals surface area contributed by atoms with Crippen molar-refractivity contribution in [1.82, 2.24) is 0 Å². The molecule has 2 heteroatoms. The Morgan fingerprint density at radius 3 is 1.75 bits per heavy atom. The molecule has 0 bridgehead atoms. The Hall–Kier alpha value is -6.90. The fraction of sp³-hybridized carbons (Fsp3) is 0.0741. The molecule has 2 aliphatic carbocycles. The normalized spacial score (nSPS) is 14.2. The molecule has 2 aromatic heterocycles. The lowest BCUT2D eigenvalue weighted by Gasteiger charge is -2.19. The van der Waals surface area contributed by atoms with Crippen LogP contribution in [0.4, 0.5) is 0 Å². The number of benzene rings is 9. The van der Waals surface area contributed by atoms with Crippen LogP contribution in [0.15, 0.2) is 154 Å². The van der Waals surface area contributed by atoms with E-state index in [9.17, 15) is 0 Å². The number of aryl methyl sites for hydroxylation is 2. The average Bonchev–Trinajstić information content (AvgIpc) is 3.84. The van der Waals surface area contributed by atoms with Gasteiger partial charge in [-0.2, -0.15) is 0 Å². The molecule has 0 radical (unpaired) electrons. The van der Waals surface area contributed by atoms with E-state index < -0.39 is 0 Å². The lowest BCUT2D eigenvalue weighted by Crippen LogP contribution is -1.99. The standard InChI is InChI=1S/C54H34O2/c1-3-13-39-35(9-1)37-11-5-7-15-41(37)46-27-31(17-21-43(39)46)33-19-24-50-48(29-33)45-23-26-52-53(54(45)56-50)49-30-34(20-25-51(49)55-52)32-18-22-44-40-14-4-2-10-36(40)38-12-6-8-16-42(38)47(44)28-32/h1-2,4-12,14-18,20-23,25-30H,3,13,19,24H2. The highest BCUT2D eigenvalue weighted by molar-refractivity contribution is 6.26. The number of furan rings is 2. The maximum atomic E-state index is 6.83. The van der Waals surface area contributed by atoms with E-state index in [1.54, 1.807) is 0 Å². The van der Waals surface area contributed by atoms with Gasteiger partial charge in [0.2, 0.25) is 0 Å². The zero-order valence-corrected chi connectivity index (χ0v) is 30.7. The number of hydrogen-bond donors (Lipinski definition) is 0. The maximum Gasteiger partial charge on any atom is 0.146 e. The number of hydrogen-bond acceptors (Lipinski definition) is 2. The van der Waals surface area contributed by atoms with Crippen molar-refractivity contribution >= 4 is 104 Å².